The zero-order valence-electron chi connectivity index (χ0n) is 24.7. The van der Waals surface area contributed by atoms with Gasteiger partial charge in [0.1, 0.15) is 0 Å². The van der Waals surface area contributed by atoms with E-state index in [1.165, 1.54) is 22.1 Å². The maximum absolute atomic E-state index is 6.49. The van der Waals surface area contributed by atoms with Crippen LogP contribution in [0.15, 0.2) is 103 Å². The van der Waals surface area contributed by atoms with E-state index < -0.39 is 18.3 Å². The number of benzene rings is 3. The summed E-state index contributed by atoms with van der Waals surface area (Å²) in [5, 5.41) is 1.18. The van der Waals surface area contributed by atoms with E-state index in [-0.39, 0.29) is 5.41 Å². The Morgan fingerprint density at radius 3 is 2.15 bits per heavy atom. The van der Waals surface area contributed by atoms with Gasteiger partial charge >= 0.3 is 7.12 Å². The van der Waals surface area contributed by atoms with Gasteiger partial charge in [-0.25, -0.2) is 0 Å². The van der Waals surface area contributed by atoms with E-state index in [0.717, 1.165) is 33.5 Å². The average molecular weight is 528 g/mol. The van der Waals surface area contributed by atoms with Gasteiger partial charge in [0, 0.05) is 27.6 Å². The average Bonchev–Trinajstić information content (AvgIpc) is 3.35. The van der Waals surface area contributed by atoms with E-state index >= 15 is 0 Å². The zero-order chi connectivity index (χ0) is 28.4. The van der Waals surface area contributed by atoms with Gasteiger partial charge in [0.2, 0.25) is 0 Å². The Morgan fingerprint density at radius 2 is 1.48 bits per heavy atom. The summed E-state index contributed by atoms with van der Waals surface area (Å²) in [7, 11) is -0.435. The highest BCUT2D eigenvalue weighted by Crippen LogP contribution is 2.52. The third-order valence-electron chi connectivity index (χ3n) is 9.19. The predicted octanol–water partition coefficient (Wildman–Crippen LogP) is 8.40. The second kappa shape index (κ2) is 9.22. The van der Waals surface area contributed by atoms with E-state index in [9.17, 15) is 0 Å². The van der Waals surface area contributed by atoms with Crippen LogP contribution in [0.4, 0.5) is 0 Å². The zero-order valence-corrected chi connectivity index (χ0v) is 24.7. The molecule has 6 rings (SSSR count). The first-order valence-corrected chi connectivity index (χ1v) is 14.2. The maximum atomic E-state index is 6.49. The van der Waals surface area contributed by atoms with Crippen molar-refractivity contribution in [1.29, 1.82) is 0 Å². The van der Waals surface area contributed by atoms with Gasteiger partial charge in [0.25, 0.3) is 0 Å². The molecule has 40 heavy (non-hydrogen) atoms. The predicted molar refractivity (Wildman–Crippen MR) is 169 cm³/mol. The lowest BCUT2D eigenvalue weighted by molar-refractivity contribution is 0.00578. The first-order valence-electron chi connectivity index (χ1n) is 14.2. The largest absolute Gasteiger partial charge is 0.494 e. The highest BCUT2D eigenvalue weighted by atomic mass is 16.7. The molecule has 0 bridgehead atoms. The van der Waals surface area contributed by atoms with Crippen molar-refractivity contribution in [2.24, 2.45) is 0 Å². The monoisotopic (exact) mass is 527 g/mol. The van der Waals surface area contributed by atoms with Crippen LogP contribution < -0.4 is 5.46 Å². The molecular formula is C36H38BNO2. The molecule has 4 heteroatoms. The number of hydrogen-bond donors (Lipinski definition) is 0. The Kier molecular flexibility index (Phi) is 6.14. The summed E-state index contributed by atoms with van der Waals surface area (Å²) >= 11 is 0. The summed E-state index contributed by atoms with van der Waals surface area (Å²) in [4.78, 5) is 0. The minimum Gasteiger partial charge on any atom is -0.399 e. The second-order valence-corrected chi connectivity index (χ2v) is 12.5. The number of allylic oxidation sites excluding steroid dienone is 5. The van der Waals surface area contributed by atoms with Crippen LogP contribution >= 0.6 is 0 Å². The van der Waals surface area contributed by atoms with Crippen LogP contribution in [0.2, 0.25) is 0 Å². The Labute approximate surface area is 239 Å². The number of fused-ring (bicyclic) bond motifs is 5. The molecule has 2 aliphatic rings. The van der Waals surface area contributed by atoms with Gasteiger partial charge in [-0.05, 0) is 75.0 Å². The molecule has 202 valence electrons. The number of hydrogen-bond acceptors (Lipinski definition) is 2. The van der Waals surface area contributed by atoms with Crippen molar-refractivity contribution in [2.75, 3.05) is 0 Å². The van der Waals surface area contributed by atoms with Crippen molar-refractivity contribution in [3.05, 3.63) is 114 Å². The van der Waals surface area contributed by atoms with Crippen molar-refractivity contribution in [1.82, 2.24) is 4.57 Å². The lowest BCUT2D eigenvalue weighted by Crippen LogP contribution is -2.41. The standard InChI is InChI=1S/C36H38BNO2/c1-9-10-18-27-24(2)34(3,4)30-20-15-14-19-28(30)32-29-23-25(37-39-35(5,6)36(7,8)40-37)21-22-31(29)38(33(27)32)26-16-12-11-13-17-26/h9-23H,2H2,1,3-8H3/b10-9-,27-18+. The molecule has 1 aliphatic carbocycles. The number of rotatable bonds is 3. The molecule has 0 spiro atoms. The van der Waals surface area contributed by atoms with Gasteiger partial charge in [-0.2, -0.15) is 0 Å². The van der Waals surface area contributed by atoms with Gasteiger partial charge in [-0.15, -0.1) is 0 Å². The van der Waals surface area contributed by atoms with E-state index in [0.29, 0.717) is 0 Å². The molecule has 0 amide bonds. The van der Waals surface area contributed by atoms with Gasteiger partial charge in [-0.3, -0.25) is 0 Å². The summed E-state index contributed by atoms with van der Waals surface area (Å²) in [6, 6.07) is 26.1. The minimum atomic E-state index is -0.435. The Balaban J connectivity index is 1.74. The molecule has 2 heterocycles. The van der Waals surface area contributed by atoms with Crippen molar-refractivity contribution in [3.63, 3.8) is 0 Å². The molecule has 3 nitrogen and oxygen atoms in total. The van der Waals surface area contributed by atoms with Crippen molar-refractivity contribution in [2.45, 2.75) is 65.1 Å². The van der Waals surface area contributed by atoms with E-state index in [1.54, 1.807) is 0 Å². The van der Waals surface area contributed by atoms with Crippen LogP contribution in [0.3, 0.4) is 0 Å². The van der Waals surface area contributed by atoms with Crippen LogP contribution in [-0.2, 0) is 14.7 Å². The molecule has 1 saturated heterocycles. The number of para-hydroxylation sites is 1. The molecule has 0 N–H and O–H groups in total. The lowest BCUT2D eigenvalue weighted by Gasteiger charge is -2.32. The minimum absolute atomic E-state index is 0.264. The molecule has 4 aromatic rings. The maximum Gasteiger partial charge on any atom is 0.494 e. The fraction of sp³-hybridized carbons (Fsp3) is 0.278. The fourth-order valence-corrected chi connectivity index (χ4v) is 6.07. The van der Waals surface area contributed by atoms with Gasteiger partial charge in [-0.1, -0.05) is 93.3 Å². The highest BCUT2D eigenvalue weighted by Gasteiger charge is 2.52. The first-order chi connectivity index (χ1) is 19.0. The summed E-state index contributed by atoms with van der Waals surface area (Å²) < 4.78 is 15.4. The summed E-state index contributed by atoms with van der Waals surface area (Å²) in [6.45, 7) is 19.8. The van der Waals surface area contributed by atoms with Crippen molar-refractivity contribution < 1.29 is 9.31 Å². The SMILES string of the molecule is C=C1/C(=C\C=C/C)c2c(c3cc(B4OC(C)(C)C(C)(C)O4)ccc3n2-c2ccccc2)-c2ccccc2C1(C)C. The smallest absolute Gasteiger partial charge is 0.399 e. The molecule has 1 fully saturated rings. The van der Waals surface area contributed by atoms with Gasteiger partial charge in [0.15, 0.2) is 0 Å². The third kappa shape index (κ3) is 3.89. The third-order valence-corrected chi connectivity index (χ3v) is 9.19. The highest BCUT2D eigenvalue weighted by molar-refractivity contribution is 6.62. The van der Waals surface area contributed by atoms with Crippen LogP contribution in [-0.4, -0.2) is 22.9 Å². The quantitative estimate of drug-likeness (QED) is 0.250. The molecular weight excluding hydrogens is 489 g/mol. The number of aromatic nitrogens is 1. The van der Waals surface area contributed by atoms with Gasteiger partial charge in [0.05, 0.1) is 22.4 Å². The van der Waals surface area contributed by atoms with Crippen molar-refractivity contribution in [3.8, 4) is 16.8 Å². The summed E-state index contributed by atoms with van der Waals surface area (Å²) in [5.74, 6) is 0. The van der Waals surface area contributed by atoms with Gasteiger partial charge < -0.3 is 13.9 Å². The molecule has 0 saturated carbocycles. The number of nitrogens with zero attached hydrogens (tertiary/aromatic N) is 1. The summed E-state index contributed by atoms with van der Waals surface area (Å²) in [5.41, 5.74) is 9.35. The van der Waals surface area contributed by atoms with E-state index in [1.807, 2.05) is 0 Å². The molecule has 1 aliphatic heterocycles. The van der Waals surface area contributed by atoms with Crippen LogP contribution in [0, 0.1) is 0 Å². The van der Waals surface area contributed by atoms with E-state index in [2.05, 4.69) is 144 Å². The van der Waals surface area contributed by atoms with E-state index in [4.69, 9.17) is 15.9 Å². The van der Waals surface area contributed by atoms with Crippen LogP contribution in [0.1, 0.15) is 59.7 Å². The first kappa shape index (κ1) is 26.6. The van der Waals surface area contributed by atoms with Crippen LogP contribution in [0.5, 0.6) is 0 Å². The molecule has 3 aromatic carbocycles. The molecule has 0 atom stereocenters. The summed E-state index contributed by atoms with van der Waals surface area (Å²) in [6.07, 6.45) is 6.43. The Morgan fingerprint density at radius 1 is 0.825 bits per heavy atom. The van der Waals surface area contributed by atoms with Crippen LogP contribution in [0.25, 0.3) is 33.3 Å². The normalized spacial score (nSPS) is 20.2. The lowest BCUT2D eigenvalue weighted by atomic mass is 9.74. The fourth-order valence-electron chi connectivity index (χ4n) is 6.07. The Hall–Kier alpha value is -3.60. The molecule has 0 unspecified atom stereocenters. The molecule has 1 aromatic heterocycles. The molecule has 0 radical (unpaired) electrons. The topological polar surface area (TPSA) is 23.4 Å². The Bertz CT molecular complexity index is 1690. The van der Waals surface area contributed by atoms with Crippen molar-refractivity contribution >= 4 is 29.1 Å². The second-order valence-electron chi connectivity index (χ2n) is 12.5.